The normalized spacial score (nSPS) is 13.2. The molecule has 1 aromatic carbocycles. The highest BCUT2D eigenvalue weighted by Gasteiger charge is 2.36. The van der Waals surface area contributed by atoms with Crippen molar-refractivity contribution in [1.82, 2.24) is 19.7 Å². The molecule has 0 spiro atoms. The van der Waals surface area contributed by atoms with E-state index in [0.717, 1.165) is 10.7 Å². The van der Waals surface area contributed by atoms with E-state index in [4.69, 9.17) is 27.6 Å². The maximum atomic E-state index is 13.6. The quantitative estimate of drug-likeness (QED) is 0.322. The smallest absolute Gasteiger partial charge is 0.418 e. The molecule has 0 bridgehead atoms. The summed E-state index contributed by atoms with van der Waals surface area (Å²) >= 11 is 12.4. The average molecular weight is 496 g/mol. The minimum Gasteiger partial charge on any atom is -0.418 e. The summed E-state index contributed by atoms with van der Waals surface area (Å²) in [4.78, 5) is 13.2. The lowest BCUT2D eigenvalue weighted by molar-refractivity contribution is -0.141. The van der Waals surface area contributed by atoms with Crippen LogP contribution in [0.2, 0.25) is 10.0 Å². The van der Waals surface area contributed by atoms with Crippen LogP contribution < -0.4 is 5.55 Å². The average Bonchev–Trinajstić information content (AvgIpc) is 3.13. The zero-order valence-electron chi connectivity index (χ0n) is 18.0. The molecule has 0 aliphatic carbocycles. The number of hydrogen-bond donors (Lipinski definition) is 0. The number of aromatic nitrogens is 4. The van der Waals surface area contributed by atoms with Crippen LogP contribution in [0.5, 0.6) is 0 Å². The Morgan fingerprint density at radius 3 is 2.45 bits per heavy atom. The molecule has 0 aliphatic heterocycles. The molecule has 11 heteroatoms. The van der Waals surface area contributed by atoms with Gasteiger partial charge in [0.15, 0.2) is 11.5 Å². The molecule has 0 radical (unpaired) electrons. The van der Waals surface area contributed by atoms with E-state index >= 15 is 0 Å². The second-order valence-electron chi connectivity index (χ2n) is 8.36. The summed E-state index contributed by atoms with van der Waals surface area (Å²) in [6, 6.07) is 7.26. The second kappa shape index (κ2) is 8.14. The third-order valence-corrected chi connectivity index (χ3v) is 5.01. The molecule has 4 aromatic rings. The van der Waals surface area contributed by atoms with Gasteiger partial charge in [-0.3, -0.25) is 0 Å². The molecule has 0 fully saturated rings. The predicted molar refractivity (Wildman–Crippen MR) is 119 cm³/mol. The van der Waals surface area contributed by atoms with Crippen LogP contribution in [0.1, 0.15) is 32.0 Å². The molecule has 4 rings (SSSR count). The molecular weight excluding hydrogens is 478 g/mol. The van der Waals surface area contributed by atoms with E-state index < -0.39 is 17.4 Å². The van der Waals surface area contributed by atoms with Crippen LogP contribution >= 0.6 is 23.2 Å². The van der Waals surface area contributed by atoms with Gasteiger partial charge in [0.2, 0.25) is 11.4 Å². The van der Waals surface area contributed by atoms with Gasteiger partial charge < -0.3 is 4.42 Å². The minimum absolute atomic E-state index is 0.00361. The summed E-state index contributed by atoms with van der Waals surface area (Å²) in [5.41, 5.74) is -0.396. The van der Waals surface area contributed by atoms with Gasteiger partial charge in [-0.1, -0.05) is 23.2 Å². The number of halogens is 5. The monoisotopic (exact) mass is 495 g/mol. The lowest BCUT2D eigenvalue weighted by Gasteiger charge is -2.13. The first kappa shape index (κ1) is 23.3. The van der Waals surface area contributed by atoms with Gasteiger partial charge in [0.25, 0.3) is 0 Å². The molecule has 0 atom stereocenters. The molecule has 0 aliphatic rings. The Bertz CT molecular complexity index is 1430. The van der Waals surface area contributed by atoms with Crippen LogP contribution in [0.4, 0.5) is 13.2 Å². The first-order valence-electron chi connectivity index (χ1n) is 9.79. The van der Waals surface area contributed by atoms with Crippen molar-refractivity contribution in [3.63, 3.8) is 0 Å². The summed E-state index contributed by atoms with van der Waals surface area (Å²) in [6.45, 7) is 7.39. The first-order valence-corrected chi connectivity index (χ1v) is 10.5. The van der Waals surface area contributed by atoms with Crippen molar-refractivity contribution < 1.29 is 17.6 Å². The van der Waals surface area contributed by atoms with Crippen LogP contribution in [0, 0.1) is 6.92 Å². The van der Waals surface area contributed by atoms with E-state index in [-0.39, 0.29) is 28.0 Å². The van der Waals surface area contributed by atoms with Crippen LogP contribution in [-0.4, -0.2) is 25.3 Å². The first-order chi connectivity index (χ1) is 15.3. The SMILES string of the molecule is Cc1cc(Cl)cc2c(=NC(C)(C)C)oc(-c3cc(C(F)(F)F)nn3-c3ncccc3Cl)nc12. The van der Waals surface area contributed by atoms with Gasteiger partial charge in [-0.25, -0.2) is 19.6 Å². The summed E-state index contributed by atoms with van der Waals surface area (Å²) < 4.78 is 47.6. The fourth-order valence-corrected chi connectivity index (χ4v) is 3.66. The third-order valence-electron chi connectivity index (χ3n) is 4.50. The summed E-state index contributed by atoms with van der Waals surface area (Å²) in [5.74, 6) is -0.121. The van der Waals surface area contributed by atoms with Gasteiger partial charge in [0, 0.05) is 17.3 Å². The number of rotatable bonds is 2. The fourth-order valence-electron chi connectivity index (χ4n) is 3.18. The van der Waals surface area contributed by atoms with E-state index in [9.17, 15) is 13.2 Å². The van der Waals surface area contributed by atoms with Gasteiger partial charge in [-0.05, 0) is 57.5 Å². The number of alkyl halides is 3. The topological polar surface area (TPSA) is 69.1 Å². The Kier molecular flexibility index (Phi) is 5.74. The molecule has 172 valence electrons. The Hall–Kier alpha value is -2.91. The lowest BCUT2D eigenvalue weighted by atomic mass is 10.1. The Balaban J connectivity index is 2.11. The van der Waals surface area contributed by atoms with Crippen molar-refractivity contribution >= 4 is 34.1 Å². The molecular formula is C22H18Cl2F3N5O. The van der Waals surface area contributed by atoms with Crippen molar-refractivity contribution in [2.75, 3.05) is 0 Å². The van der Waals surface area contributed by atoms with Crippen molar-refractivity contribution in [1.29, 1.82) is 0 Å². The molecule has 3 heterocycles. The molecule has 0 N–H and O–H groups in total. The molecule has 0 unspecified atom stereocenters. The molecule has 3 aromatic heterocycles. The van der Waals surface area contributed by atoms with Gasteiger partial charge in [-0.15, -0.1) is 0 Å². The molecule has 6 nitrogen and oxygen atoms in total. The maximum Gasteiger partial charge on any atom is 0.435 e. The van der Waals surface area contributed by atoms with Crippen LogP contribution in [0.3, 0.4) is 0 Å². The van der Waals surface area contributed by atoms with Crippen molar-refractivity contribution in [3.05, 3.63) is 63.4 Å². The predicted octanol–water partition coefficient (Wildman–Crippen LogP) is 6.41. The molecule has 0 amide bonds. The minimum atomic E-state index is -4.71. The number of nitrogens with zero attached hydrogens (tertiary/aromatic N) is 5. The highest BCUT2D eigenvalue weighted by atomic mass is 35.5. The standard InChI is InChI=1S/C22H18Cl2F3N5O/c1-11-8-12(23)9-13-17(11)29-20(33-19(13)30-21(2,3)4)15-10-16(22(25,26)27)31-32(15)18-14(24)6-5-7-28-18/h5-10H,1-4H3. The van der Waals surface area contributed by atoms with E-state index in [2.05, 4.69) is 20.1 Å². The largest absolute Gasteiger partial charge is 0.435 e. The summed E-state index contributed by atoms with van der Waals surface area (Å²) in [7, 11) is 0. The van der Waals surface area contributed by atoms with Gasteiger partial charge in [0.05, 0.1) is 21.5 Å². The van der Waals surface area contributed by atoms with Gasteiger partial charge in [-0.2, -0.15) is 18.3 Å². The van der Waals surface area contributed by atoms with Crippen LogP contribution in [0.15, 0.2) is 45.9 Å². The van der Waals surface area contributed by atoms with Crippen LogP contribution in [0.25, 0.3) is 28.3 Å². The fraction of sp³-hybridized carbons (Fsp3) is 0.273. The third kappa shape index (κ3) is 4.74. The number of pyridine rings is 1. The van der Waals surface area contributed by atoms with Gasteiger partial charge >= 0.3 is 6.18 Å². The van der Waals surface area contributed by atoms with E-state index in [1.54, 1.807) is 25.1 Å². The molecule has 0 saturated heterocycles. The second-order valence-corrected chi connectivity index (χ2v) is 9.20. The summed E-state index contributed by atoms with van der Waals surface area (Å²) in [6.07, 6.45) is -3.31. The summed E-state index contributed by atoms with van der Waals surface area (Å²) in [5, 5.41) is 4.81. The van der Waals surface area contributed by atoms with E-state index in [1.165, 1.54) is 12.3 Å². The molecule has 33 heavy (non-hydrogen) atoms. The lowest BCUT2D eigenvalue weighted by Crippen LogP contribution is -2.18. The number of benzene rings is 1. The maximum absolute atomic E-state index is 13.6. The zero-order valence-corrected chi connectivity index (χ0v) is 19.5. The number of aryl methyl sites for hydroxylation is 1. The van der Waals surface area contributed by atoms with Gasteiger partial charge in [0.1, 0.15) is 5.69 Å². The Labute approximate surface area is 196 Å². The Morgan fingerprint density at radius 2 is 1.82 bits per heavy atom. The Morgan fingerprint density at radius 1 is 1.09 bits per heavy atom. The highest BCUT2D eigenvalue weighted by Crippen LogP contribution is 2.34. The number of hydrogen-bond acceptors (Lipinski definition) is 5. The van der Waals surface area contributed by atoms with Crippen molar-refractivity contribution in [2.45, 2.75) is 39.4 Å². The number of fused-ring (bicyclic) bond motifs is 1. The molecule has 0 saturated carbocycles. The zero-order chi connectivity index (χ0) is 24.1. The van der Waals surface area contributed by atoms with Crippen LogP contribution in [-0.2, 0) is 6.18 Å². The van der Waals surface area contributed by atoms with E-state index in [1.807, 2.05) is 20.8 Å². The van der Waals surface area contributed by atoms with E-state index in [0.29, 0.717) is 21.5 Å². The van der Waals surface area contributed by atoms with Crippen molar-refractivity contribution in [3.8, 4) is 17.4 Å². The van der Waals surface area contributed by atoms with Crippen molar-refractivity contribution in [2.24, 2.45) is 4.99 Å². The highest BCUT2D eigenvalue weighted by molar-refractivity contribution is 6.32.